The van der Waals surface area contributed by atoms with Gasteiger partial charge in [0.25, 0.3) is 0 Å². The maximum Gasteiger partial charge on any atom is 0.328 e. The third-order valence-electron chi connectivity index (χ3n) is 5.36. The van der Waals surface area contributed by atoms with Crippen molar-refractivity contribution >= 4 is 23.3 Å². The summed E-state index contributed by atoms with van der Waals surface area (Å²) in [7, 11) is 0. The SMILES string of the molecule is CC1CN(C2CN(c3ccc(N4CCC(=O)NC4=O)cc3)C2)CCN1. The van der Waals surface area contributed by atoms with Gasteiger partial charge >= 0.3 is 6.03 Å². The van der Waals surface area contributed by atoms with E-state index in [1.807, 2.05) is 12.1 Å². The van der Waals surface area contributed by atoms with Crippen molar-refractivity contribution in [3.05, 3.63) is 24.3 Å². The van der Waals surface area contributed by atoms with Crippen LogP contribution in [-0.4, -0.2) is 68.2 Å². The maximum absolute atomic E-state index is 11.9. The number of imide groups is 1. The highest BCUT2D eigenvalue weighted by Gasteiger charge is 2.33. The molecule has 2 N–H and O–H groups in total. The molecule has 25 heavy (non-hydrogen) atoms. The number of anilines is 2. The summed E-state index contributed by atoms with van der Waals surface area (Å²) in [4.78, 5) is 29.7. The normalized spacial score (nSPS) is 25.7. The lowest BCUT2D eigenvalue weighted by molar-refractivity contribution is -0.120. The fraction of sp³-hybridized carbons (Fsp3) is 0.556. The van der Waals surface area contributed by atoms with Gasteiger partial charge < -0.3 is 10.2 Å². The largest absolute Gasteiger partial charge is 0.368 e. The molecule has 0 bridgehead atoms. The number of rotatable bonds is 3. The molecule has 4 rings (SSSR count). The number of amides is 3. The maximum atomic E-state index is 11.9. The number of nitrogens with one attached hydrogen (secondary N) is 2. The van der Waals surface area contributed by atoms with E-state index in [-0.39, 0.29) is 11.9 Å². The molecule has 1 aromatic rings. The molecule has 3 amide bonds. The summed E-state index contributed by atoms with van der Waals surface area (Å²) in [5, 5.41) is 5.85. The molecule has 1 aromatic carbocycles. The number of nitrogens with zero attached hydrogens (tertiary/aromatic N) is 3. The Labute approximate surface area is 147 Å². The molecule has 3 fully saturated rings. The molecular weight excluding hydrogens is 318 g/mol. The van der Waals surface area contributed by atoms with Gasteiger partial charge in [0.2, 0.25) is 5.91 Å². The Morgan fingerprint density at radius 2 is 1.72 bits per heavy atom. The van der Waals surface area contributed by atoms with Gasteiger partial charge in [-0.2, -0.15) is 0 Å². The molecular formula is C18H25N5O2. The van der Waals surface area contributed by atoms with E-state index in [0.717, 1.165) is 38.4 Å². The highest BCUT2D eigenvalue weighted by atomic mass is 16.2. The summed E-state index contributed by atoms with van der Waals surface area (Å²) in [6, 6.07) is 8.94. The fourth-order valence-corrected chi connectivity index (χ4v) is 3.84. The molecule has 0 saturated carbocycles. The average molecular weight is 343 g/mol. The van der Waals surface area contributed by atoms with Crippen LogP contribution in [0.2, 0.25) is 0 Å². The lowest BCUT2D eigenvalue weighted by Crippen LogP contribution is -2.64. The van der Waals surface area contributed by atoms with Crippen LogP contribution in [-0.2, 0) is 4.79 Å². The minimum atomic E-state index is -0.333. The standard InChI is InChI=1S/C18H25N5O2/c1-13-10-21(9-7-19-13)16-11-22(12-16)14-2-4-15(5-3-14)23-8-6-17(24)20-18(23)25/h2-5,13,16,19H,6-12H2,1H3,(H,20,24,25). The molecule has 134 valence electrons. The van der Waals surface area contributed by atoms with E-state index < -0.39 is 0 Å². The van der Waals surface area contributed by atoms with Crippen LogP contribution in [0, 0.1) is 0 Å². The number of carbonyl (C=O) groups excluding carboxylic acids is 2. The predicted octanol–water partition coefficient (Wildman–Crippen LogP) is 0.615. The van der Waals surface area contributed by atoms with Crippen LogP contribution in [0.3, 0.4) is 0 Å². The quantitative estimate of drug-likeness (QED) is 0.842. The summed E-state index contributed by atoms with van der Waals surface area (Å²) in [6.07, 6.45) is 0.352. The second-order valence-electron chi connectivity index (χ2n) is 7.18. The minimum Gasteiger partial charge on any atom is -0.368 e. The number of hydrogen-bond donors (Lipinski definition) is 2. The fourth-order valence-electron chi connectivity index (χ4n) is 3.84. The Bertz CT molecular complexity index is 656. The lowest BCUT2D eigenvalue weighted by atomic mass is 10.0. The van der Waals surface area contributed by atoms with Crippen molar-refractivity contribution in [2.45, 2.75) is 25.4 Å². The van der Waals surface area contributed by atoms with Crippen molar-refractivity contribution in [2.75, 3.05) is 49.1 Å². The number of urea groups is 1. The van der Waals surface area contributed by atoms with E-state index >= 15 is 0 Å². The van der Waals surface area contributed by atoms with Gasteiger partial charge in [-0.25, -0.2) is 4.79 Å². The first-order chi connectivity index (χ1) is 12.1. The first kappa shape index (κ1) is 16.4. The monoisotopic (exact) mass is 343 g/mol. The smallest absolute Gasteiger partial charge is 0.328 e. The van der Waals surface area contributed by atoms with Crippen molar-refractivity contribution < 1.29 is 9.59 Å². The molecule has 0 radical (unpaired) electrons. The molecule has 3 saturated heterocycles. The van der Waals surface area contributed by atoms with Crippen molar-refractivity contribution in [3.8, 4) is 0 Å². The molecule has 1 atom stereocenters. The Balaban J connectivity index is 1.34. The topological polar surface area (TPSA) is 67.9 Å². The highest BCUT2D eigenvalue weighted by molar-refractivity contribution is 6.05. The zero-order chi connectivity index (χ0) is 17.4. The summed E-state index contributed by atoms with van der Waals surface area (Å²) in [5.41, 5.74) is 2.03. The molecule has 7 heteroatoms. The number of piperazine rings is 1. The van der Waals surface area contributed by atoms with Crippen LogP contribution < -0.4 is 20.4 Å². The van der Waals surface area contributed by atoms with Gasteiger partial charge in [0.1, 0.15) is 0 Å². The second-order valence-corrected chi connectivity index (χ2v) is 7.18. The van der Waals surface area contributed by atoms with Gasteiger partial charge in [0, 0.05) is 69.1 Å². The third-order valence-corrected chi connectivity index (χ3v) is 5.36. The second kappa shape index (κ2) is 6.65. The van der Waals surface area contributed by atoms with Crippen molar-refractivity contribution in [2.24, 2.45) is 0 Å². The molecule has 3 aliphatic heterocycles. The van der Waals surface area contributed by atoms with Gasteiger partial charge in [-0.3, -0.25) is 19.9 Å². The molecule has 7 nitrogen and oxygen atoms in total. The predicted molar refractivity (Wildman–Crippen MR) is 97.0 cm³/mol. The van der Waals surface area contributed by atoms with Crippen molar-refractivity contribution in [1.82, 2.24) is 15.5 Å². The zero-order valence-electron chi connectivity index (χ0n) is 14.6. The zero-order valence-corrected chi connectivity index (χ0v) is 14.6. The van der Waals surface area contributed by atoms with Gasteiger partial charge in [-0.1, -0.05) is 0 Å². The van der Waals surface area contributed by atoms with Crippen LogP contribution in [0.25, 0.3) is 0 Å². The van der Waals surface area contributed by atoms with Crippen LogP contribution >= 0.6 is 0 Å². The minimum absolute atomic E-state index is 0.202. The number of hydrogen-bond acceptors (Lipinski definition) is 5. The molecule has 0 aromatic heterocycles. The molecule has 0 aliphatic carbocycles. The summed E-state index contributed by atoms with van der Waals surface area (Å²) < 4.78 is 0. The number of carbonyl (C=O) groups is 2. The van der Waals surface area contributed by atoms with Gasteiger partial charge in [-0.05, 0) is 31.2 Å². The summed E-state index contributed by atoms with van der Waals surface area (Å²) >= 11 is 0. The summed E-state index contributed by atoms with van der Waals surface area (Å²) in [6.45, 7) is 8.13. The molecule has 0 spiro atoms. The van der Waals surface area contributed by atoms with E-state index in [1.165, 1.54) is 5.69 Å². The first-order valence-electron chi connectivity index (χ1n) is 9.04. The van der Waals surface area contributed by atoms with E-state index in [2.05, 4.69) is 39.5 Å². The first-order valence-corrected chi connectivity index (χ1v) is 9.04. The van der Waals surface area contributed by atoms with Crippen LogP contribution in [0.5, 0.6) is 0 Å². The Kier molecular flexibility index (Phi) is 4.35. The average Bonchev–Trinajstić information content (AvgIpc) is 2.54. The van der Waals surface area contributed by atoms with Crippen LogP contribution in [0.1, 0.15) is 13.3 Å². The van der Waals surface area contributed by atoms with E-state index in [0.29, 0.717) is 25.0 Å². The van der Waals surface area contributed by atoms with E-state index in [1.54, 1.807) is 4.90 Å². The number of benzene rings is 1. The van der Waals surface area contributed by atoms with E-state index in [9.17, 15) is 9.59 Å². The summed E-state index contributed by atoms with van der Waals surface area (Å²) in [5.74, 6) is -0.202. The van der Waals surface area contributed by atoms with Crippen molar-refractivity contribution in [1.29, 1.82) is 0 Å². The van der Waals surface area contributed by atoms with Crippen LogP contribution in [0.4, 0.5) is 16.2 Å². The van der Waals surface area contributed by atoms with Gasteiger partial charge in [0.15, 0.2) is 0 Å². The van der Waals surface area contributed by atoms with Gasteiger partial charge in [0.05, 0.1) is 0 Å². The van der Waals surface area contributed by atoms with Crippen LogP contribution in [0.15, 0.2) is 24.3 Å². The molecule has 3 aliphatic rings. The molecule has 1 unspecified atom stereocenters. The highest BCUT2D eigenvalue weighted by Crippen LogP contribution is 2.27. The Morgan fingerprint density at radius 1 is 1.00 bits per heavy atom. The Morgan fingerprint density at radius 3 is 2.40 bits per heavy atom. The van der Waals surface area contributed by atoms with E-state index in [4.69, 9.17) is 0 Å². The lowest BCUT2D eigenvalue weighted by Gasteiger charge is -2.49. The van der Waals surface area contributed by atoms with Gasteiger partial charge in [-0.15, -0.1) is 0 Å². The third kappa shape index (κ3) is 3.34. The van der Waals surface area contributed by atoms with Crippen molar-refractivity contribution in [3.63, 3.8) is 0 Å². The molecule has 3 heterocycles. The Hall–Kier alpha value is -2.12.